The molecule has 7 nitrogen and oxygen atoms in total. The largest absolute Gasteiger partial charge is 0.352 e. The van der Waals surface area contributed by atoms with Crippen LogP contribution in [0.1, 0.15) is 31.0 Å². The molecule has 0 atom stereocenters. The molecule has 1 aliphatic rings. The summed E-state index contributed by atoms with van der Waals surface area (Å²) in [5, 5.41) is 8.23. The molecule has 182 valence electrons. The van der Waals surface area contributed by atoms with E-state index in [9.17, 15) is 4.79 Å². The molecule has 0 bridgehead atoms. The molecule has 5 rings (SSSR count). The van der Waals surface area contributed by atoms with E-state index in [1.807, 2.05) is 57.6 Å². The second-order valence-corrected chi connectivity index (χ2v) is 10.8. The number of amides is 1. The fourth-order valence-corrected chi connectivity index (χ4v) is 5.23. The number of piperazine rings is 1. The lowest BCUT2D eigenvalue weighted by Crippen LogP contribution is -2.49. The minimum Gasteiger partial charge on any atom is -0.352 e. The van der Waals surface area contributed by atoms with E-state index in [1.165, 1.54) is 0 Å². The first-order chi connectivity index (χ1) is 17.0. The van der Waals surface area contributed by atoms with Gasteiger partial charge in [-0.3, -0.25) is 4.79 Å². The van der Waals surface area contributed by atoms with Gasteiger partial charge in [0.1, 0.15) is 11.6 Å². The number of rotatable bonds is 7. The van der Waals surface area contributed by atoms with Crippen molar-refractivity contribution < 1.29 is 4.79 Å². The van der Waals surface area contributed by atoms with Crippen molar-refractivity contribution in [3.8, 4) is 5.69 Å². The Hall–Kier alpha value is -2.97. The van der Waals surface area contributed by atoms with Crippen LogP contribution < -0.4 is 4.90 Å². The van der Waals surface area contributed by atoms with Gasteiger partial charge >= 0.3 is 0 Å². The zero-order valence-electron chi connectivity index (χ0n) is 20.0. The summed E-state index contributed by atoms with van der Waals surface area (Å²) >= 11 is 7.88. The van der Waals surface area contributed by atoms with Crippen LogP contribution in [-0.2, 0) is 17.6 Å². The Morgan fingerprint density at radius 3 is 2.66 bits per heavy atom. The Labute approximate surface area is 214 Å². The fourth-order valence-electron chi connectivity index (χ4n) is 4.35. The number of thiophene rings is 1. The van der Waals surface area contributed by atoms with Gasteiger partial charge < -0.3 is 9.80 Å². The highest BCUT2D eigenvalue weighted by atomic mass is 35.5. The first kappa shape index (κ1) is 23.8. The maximum Gasteiger partial charge on any atom is 0.227 e. The highest BCUT2D eigenvalue weighted by molar-refractivity contribution is 7.10. The number of hydrogen-bond donors (Lipinski definition) is 0. The summed E-state index contributed by atoms with van der Waals surface area (Å²) in [6, 6.07) is 11.6. The average molecular weight is 509 g/mol. The van der Waals surface area contributed by atoms with E-state index in [1.54, 1.807) is 11.3 Å². The maximum absolute atomic E-state index is 12.8. The summed E-state index contributed by atoms with van der Waals surface area (Å²) in [5.41, 5.74) is 1.66. The highest BCUT2D eigenvalue weighted by Gasteiger charge is 2.25. The number of hydrogen-bond acceptors (Lipinski definition) is 6. The predicted octanol–water partition coefficient (Wildman–Crippen LogP) is 5.01. The summed E-state index contributed by atoms with van der Waals surface area (Å²) in [6.07, 6.45) is 4.13. The SMILES string of the molecule is CC(C)CCc1nc(N2CCN(C(=O)Cc3cccs3)CC2)c2cnn(-c3cccc(Cl)c3)c2n1. The van der Waals surface area contributed by atoms with Gasteiger partial charge in [-0.15, -0.1) is 11.3 Å². The van der Waals surface area contributed by atoms with Gasteiger partial charge in [0.05, 0.1) is 23.7 Å². The number of fused-ring (bicyclic) bond motifs is 1. The van der Waals surface area contributed by atoms with Gasteiger partial charge in [-0.1, -0.05) is 37.6 Å². The molecule has 0 radical (unpaired) electrons. The van der Waals surface area contributed by atoms with Crippen molar-refractivity contribution in [2.45, 2.75) is 33.1 Å². The van der Waals surface area contributed by atoms with Crippen molar-refractivity contribution in [1.29, 1.82) is 0 Å². The number of aromatic nitrogens is 4. The molecule has 3 aromatic heterocycles. The third-order valence-corrected chi connectivity index (χ3v) is 7.40. The van der Waals surface area contributed by atoms with E-state index >= 15 is 0 Å². The lowest BCUT2D eigenvalue weighted by molar-refractivity contribution is -0.130. The van der Waals surface area contributed by atoms with Crippen molar-refractivity contribution in [3.05, 3.63) is 63.7 Å². The van der Waals surface area contributed by atoms with Crippen LogP contribution in [0.3, 0.4) is 0 Å². The molecule has 0 saturated carbocycles. The van der Waals surface area contributed by atoms with Crippen LogP contribution in [0.2, 0.25) is 5.02 Å². The molecule has 1 aromatic carbocycles. The Bertz CT molecular complexity index is 1310. The number of halogens is 1. The van der Waals surface area contributed by atoms with E-state index < -0.39 is 0 Å². The molecule has 0 spiro atoms. The van der Waals surface area contributed by atoms with Crippen LogP contribution in [0, 0.1) is 5.92 Å². The topological polar surface area (TPSA) is 67.2 Å². The first-order valence-corrected chi connectivity index (χ1v) is 13.3. The maximum atomic E-state index is 12.8. The van der Waals surface area contributed by atoms with E-state index in [4.69, 9.17) is 21.6 Å². The molecule has 9 heteroatoms. The van der Waals surface area contributed by atoms with Crippen LogP contribution in [0.15, 0.2) is 48.0 Å². The second-order valence-electron chi connectivity index (χ2n) is 9.29. The molecule has 0 aliphatic carbocycles. The van der Waals surface area contributed by atoms with E-state index in [2.05, 4.69) is 23.8 Å². The molecular weight excluding hydrogens is 480 g/mol. The molecule has 1 amide bonds. The number of nitrogens with zero attached hydrogens (tertiary/aromatic N) is 6. The molecule has 4 heterocycles. The summed E-state index contributed by atoms with van der Waals surface area (Å²) in [5.74, 6) is 2.47. The molecule has 0 unspecified atom stereocenters. The summed E-state index contributed by atoms with van der Waals surface area (Å²) in [7, 11) is 0. The molecule has 1 saturated heterocycles. The standard InChI is InChI=1S/C26H29ClN6OS/c1-18(2)8-9-23-29-25(22-17-28-33(26(22)30-23)20-6-3-5-19(27)15-20)32-12-10-31(11-13-32)24(34)16-21-7-4-14-35-21/h3-7,14-15,17-18H,8-13,16H2,1-2H3. The minimum atomic E-state index is 0.186. The third-order valence-electron chi connectivity index (χ3n) is 6.29. The Balaban J connectivity index is 1.42. The second kappa shape index (κ2) is 10.3. The normalized spacial score (nSPS) is 14.3. The first-order valence-electron chi connectivity index (χ1n) is 12.0. The van der Waals surface area contributed by atoms with Gasteiger partial charge in [0.25, 0.3) is 0 Å². The Morgan fingerprint density at radius 2 is 1.94 bits per heavy atom. The number of carbonyl (C=O) groups excluding carboxylic acids is 1. The number of anilines is 1. The van der Waals surface area contributed by atoms with Crippen LogP contribution in [0.5, 0.6) is 0 Å². The predicted molar refractivity (Wildman–Crippen MR) is 142 cm³/mol. The third kappa shape index (κ3) is 5.33. The van der Waals surface area contributed by atoms with Crippen LogP contribution in [0.4, 0.5) is 5.82 Å². The van der Waals surface area contributed by atoms with Crippen molar-refractivity contribution in [3.63, 3.8) is 0 Å². The van der Waals surface area contributed by atoms with Crippen LogP contribution >= 0.6 is 22.9 Å². The number of aryl methyl sites for hydroxylation is 1. The smallest absolute Gasteiger partial charge is 0.227 e. The monoisotopic (exact) mass is 508 g/mol. The van der Waals surface area contributed by atoms with Crippen LogP contribution in [-0.4, -0.2) is 56.7 Å². The van der Waals surface area contributed by atoms with Crippen molar-refractivity contribution in [2.24, 2.45) is 5.92 Å². The molecule has 4 aromatic rings. The molecule has 35 heavy (non-hydrogen) atoms. The van der Waals surface area contributed by atoms with Gasteiger partial charge in [-0.05, 0) is 42.0 Å². The van der Waals surface area contributed by atoms with Gasteiger partial charge in [0, 0.05) is 42.5 Å². The van der Waals surface area contributed by atoms with E-state index in [0.29, 0.717) is 30.5 Å². The zero-order valence-corrected chi connectivity index (χ0v) is 21.6. The van der Waals surface area contributed by atoms with Crippen LogP contribution in [0.25, 0.3) is 16.7 Å². The lowest BCUT2D eigenvalue weighted by atomic mass is 10.1. The number of carbonyl (C=O) groups is 1. The minimum absolute atomic E-state index is 0.186. The summed E-state index contributed by atoms with van der Waals surface area (Å²) in [4.78, 5) is 28.0. The van der Waals surface area contributed by atoms with Gasteiger partial charge in [0.2, 0.25) is 5.91 Å². The summed E-state index contributed by atoms with van der Waals surface area (Å²) in [6.45, 7) is 7.24. The van der Waals surface area contributed by atoms with E-state index in [0.717, 1.165) is 59.2 Å². The molecule has 1 fully saturated rings. The Kier molecular flexibility index (Phi) is 7.02. The van der Waals surface area contributed by atoms with Gasteiger partial charge in [0.15, 0.2) is 5.65 Å². The number of benzene rings is 1. The van der Waals surface area contributed by atoms with Crippen molar-refractivity contribution in [1.82, 2.24) is 24.6 Å². The molecule has 1 aliphatic heterocycles. The average Bonchev–Trinajstić information content (AvgIpc) is 3.52. The van der Waals surface area contributed by atoms with Gasteiger partial charge in [-0.25, -0.2) is 14.6 Å². The summed E-state index contributed by atoms with van der Waals surface area (Å²) < 4.78 is 1.84. The van der Waals surface area contributed by atoms with Crippen molar-refractivity contribution in [2.75, 3.05) is 31.1 Å². The Morgan fingerprint density at radius 1 is 1.11 bits per heavy atom. The van der Waals surface area contributed by atoms with Crippen molar-refractivity contribution >= 4 is 45.7 Å². The van der Waals surface area contributed by atoms with E-state index in [-0.39, 0.29) is 5.91 Å². The zero-order chi connectivity index (χ0) is 24.4. The quantitative estimate of drug-likeness (QED) is 0.351. The molecule has 0 N–H and O–H groups in total. The molecular formula is C26H29ClN6OS. The fraction of sp³-hybridized carbons (Fsp3) is 0.385. The van der Waals surface area contributed by atoms with Gasteiger partial charge in [-0.2, -0.15) is 5.10 Å². The highest BCUT2D eigenvalue weighted by Crippen LogP contribution is 2.28. The lowest BCUT2D eigenvalue weighted by Gasteiger charge is -2.35.